The van der Waals surface area contributed by atoms with Crippen LogP contribution in [0.25, 0.3) is 0 Å². The van der Waals surface area contributed by atoms with Crippen LogP contribution >= 0.6 is 12.2 Å². The van der Waals surface area contributed by atoms with E-state index in [-0.39, 0.29) is 6.04 Å². The molecule has 2 aromatic carbocycles. The Morgan fingerprint density at radius 2 is 1.62 bits per heavy atom. The Morgan fingerprint density at radius 3 is 2.29 bits per heavy atom. The van der Waals surface area contributed by atoms with Crippen molar-refractivity contribution in [3.63, 3.8) is 0 Å². The van der Waals surface area contributed by atoms with E-state index in [0.717, 1.165) is 37.8 Å². The zero-order chi connectivity index (χ0) is 23.5. The lowest BCUT2D eigenvalue weighted by atomic mass is 10.0. The highest BCUT2D eigenvalue weighted by molar-refractivity contribution is 7.80. The Hall–Kier alpha value is -3.19. The van der Waals surface area contributed by atoms with Crippen molar-refractivity contribution in [2.75, 3.05) is 28.2 Å². The second-order valence-corrected chi connectivity index (χ2v) is 9.87. The van der Waals surface area contributed by atoms with Crippen molar-refractivity contribution in [3.05, 3.63) is 77.4 Å². The van der Waals surface area contributed by atoms with Crippen molar-refractivity contribution in [1.82, 2.24) is 15.3 Å². The van der Waals surface area contributed by atoms with E-state index in [1.54, 1.807) is 0 Å². The van der Waals surface area contributed by atoms with Crippen molar-refractivity contribution in [1.29, 1.82) is 0 Å². The molecule has 1 aromatic heterocycles. The molecule has 3 heterocycles. The molecule has 176 valence electrons. The van der Waals surface area contributed by atoms with E-state index in [2.05, 4.69) is 76.7 Å². The molecule has 2 aliphatic heterocycles. The standard InChI is InChI=1S/C27H32N6S/c1-19-9-8-14-32(16-19)24-15-25(33-17-22-12-6-7-13-23(22)18-33)30-26(29-24)31-27(34)28-20(2)21-10-4-3-5-11-21/h3-7,10-13,15,19-20H,8-9,14,16-18H2,1-2H3,(H2,28,29,30,31,34). The van der Waals surface area contributed by atoms with Crippen LogP contribution in [0.15, 0.2) is 60.7 Å². The minimum atomic E-state index is 0.0832. The number of nitrogens with one attached hydrogen (secondary N) is 2. The van der Waals surface area contributed by atoms with Crippen molar-refractivity contribution >= 4 is 34.9 Å². The maximum Gasteiger partial charge on any atom is 0.232 e. The Labute approximate surface area is 207 Å². The van der Waals surface area contributed by atoms with Crippen LogP contribution in [0, 0.1) is 5.92 Å². The number of hydrogen-bond donors (Lipinski definition) is 2. The van der Waals surface area contributed by atoms with E-state index >= 15 is 0 Å². The summed E-state index contributed by atoms with van der Waals surface area (Å²) in [6.07, 6.45) is 2.46. The monoisotopic (exact) mass is 472 g/mol. The molecule has 0 radical (unpaired) electrons. The summed E-state index contributed by atoms with van der Waals surface area (Å²) in [7, 11) is 0. The maximum atomic E-state index is 5.64. The minimum Gasteiger partial charge on any atom is -0.356 e. The lowest BCUT2D eigenvalue weighted by molar-refractivity contribution is 0.444. The first-order valence-electron chi connectivity index (χ1n) is 12.1. The summed E-state index contributed by atoms with van der Waals surface area (Å²) >= 11 is 5.64. The average molecular weight is 473 g/mol. The van der Waals surface area contributed by atoms with E-state index in [0.29, 0.717) is 17.0 Å². The molecule has 1 fully saturated rings. The van der Waals surface area contributed by atoms with Crippen molar-refractivity contribution in [2.24, 2.45) is 5.92 Å². The molecule has 0 spiro atoms. The highest BCUT2D eigenvalue weighted by Crippen LogP contribution is 2.31. The van der Waals surface area contributed by atoms with Gasteiger partial charge in [-0.1, -0.05) is 61.5 Å². The zero-order valence-electron chi connectivity index (χ0n) is 19.9. The number of benzene rings is 2. The molecular weight excluding hydrogens is 440 g/mol. The predicted molar refractivity (Wildman–Crippen MR) is 143 cm³/mol. The third-order valence-corrected chi connectivity index (χ3v) is 6.94. The van der Waals surface area contributed by atoms with Gasteiger partial charge in [0.05, 0.1) is 6.04 Å². The van der Waals surface area contributed by atoms with Gasteiger partial charge in [0.15, 0.2) is 5.11 Å². The Bertz CT molecular complexity index is 1130. The molecule has 0 bridgehead atoms. The van der Waals surface area contributed by atoms with Gasteiger partial charge in [-0.2, -0.15) is 9.97 Å². The van der Waals surface area contributed by atoms with Crippen molar-refractivity contribution in [2.45, 2.75) is 45.8 Å². The van der Waals surface area contributed by atoms with Crippen LogP contribution in [0.1, 0.15) is 49.4 Å². The summed E-state index contributed by atoms with van der Waals surface area (Å²) in [4.78, 5) is 14.5. The van der Waals surface area contributed by atoms with Gasteiger partial charge >= 0.3 is 0 Å². The molecule has 2 atom stereocenters. The van der Waals surface area contributed by atoms with E-state index < -0.39 is 0 Å². The highest BCUT2D eigenvalue weighted by atomic mass is 32.1. The second-order valence-electron chi connectivity index (χ2n) is 9.46. The Balaban J connectivity index is 1.38. The fourth-order valence-electron chi connectivity index (χ4n) is 4.85. The quantitative estimate of drug-likeness (QED) is 0.490. The van der Waals surface area contributed by atoms with Gasteiger partial charge in [0, 0.05) is 32.2 Å². The number of aromatic nitrogens is 2. The van der Waals surface area contributed by atoms with Crippen LogP contribution in [0.4, 0.5) is 17.6 Å². The Kier molecular flexibility index (Phi) is 6.63. The summed E-state index contributed by atoms with van der Waals surface area (Å²) in [6.45, 7) is 8.17. The molecule has 2 aliphatic rings. The second kappa shape index (κ2) is 9.97. The first-order valence-corrected chi connectivity index (χ1v) is 12.5. The number of nitrogens with zero attached hydrogens (tertiary/aromatic N) is 4. The fourth-order valence-corrected chi connectivity index (χ4v) is 5.12. The zero-order valence-corrected chi connectivity index (χ0v) is 20.7. The van der Waals surface area contributed by atoms with Gasteiger partial charge in [0.25, 0.3) is 0 Å². The molecular formula is C27H32N6S. The molecule has 3 aromatic rings. The molecule has 6 nitrogen and oxygen atoms in total. The number of piperidine rings is 1. The molecule has 0 aliphatic carbocycles. The van der Waals surface area contributed by atoms with Crippen LogP contribution < -0.4 is 20.4 Å². The van der Waals surface area contributed by atoms with E-state index in [1.165, 1.54) is 29.5 Å². The number of fused-ring (bicyclic) bond motifs is 1. The summed E-state index contributed by atoms with van der Waals surface area (Å²) in [6, 6.07) is 21.1. The molecule has 7 heteroatoms. The van der Waals surface area contributed by atoms with Gasteiger partial charge in [-0.25, -0.2) is 0 Å². The average Bonchev–Trinajstić information content (AvgIpc) is 3.29. The number of hydrogen-bond acceptors (Lipinski definition) is 5. The number of anilines is 3. The van der Waals surface area contributed by atoms with Gasteiger partial charge in [-0.05, 0) is 54.6 Å². The molecule has 1 saturated heterocycles. The molecule has 0 amide bonds. The highest BCUT2D eigenvalue weighted by Gasteiger charge is 2.24. The molecule has 2 unspecified atom stereocenters. The smallest absolute Gasteiger partial charge is 0.232 e. The van der Waals surface area contributed by atoms with Crippen LogP contribution in [0.5, 0.6) is 0 Å². The molecule has 5 rings (SSSR count). The van der Waals surface area contributed by atoms with Crippen LogP contribution in [-0.2, 0) is 13.1 Å². The van der Waals surface area contributed by atoms with Gasteiger partial charge in [-0.15, -0.1) is 0 Å². The normalized spacial score (nSPS) is 18.4. The third kappa shape index (κ3) is 5.14. The van der Waals surface area contributed by atoms with E-state index in [1.807, 2.05) is 18.2 Å². The summed E-state index contributed by atoms with van der Waals surface area (Å²) in [5.41, 5.74) is 3.90. The van der Waals surface area contributed by atoms with Gasteiger partial charge in [0.2, 0.25) is 5.95 Å². The first-order chi connectivity index (χ1) is 16.5. The predicted octanol–water partition coefficient (Wildman–Crippen LogP) is 5.28. The summed E-state index contributed by atoms with van der Waals surface area (Å²) in [5, 5.41) is 7.15. The van der Waals surface area contributed by atoms with E-state index in [9.17, 15) is 0 Å². The first kappa shape index (κ1) is 22.6. The van der Waals surface area contributed by atoms with Gasteiger partial charge in [0.1, 0.15) is 11.6 Å². The van der Waals surface area contributed by atoms with Crippen LogP contribution in [0.2, 0.25) is 0 Å². The SMILES string of the molecule is CC1CCCN(c2cc(N3Cc4ccccc4C3)nc(NC(=S)NC(C)c3ccccc3)n2)C1. The summed E-state index contributed by atoms with van der Waals surface area (Å²) in [5.74, 6) is 3.10. The summed E-state index contributed by atoms with van der Waals surface area (Å²) < 4.78 is 0. The lowest BCUT2D eigenvalue weighted by Crippen LogP contribution is -2.36. The number of rotatable bonds is 5. The minimum absolute atomic E-state index is 0.0832. The van der Waals surface area contributed by atoms with Crippen LogP contribution in [0.3, 0.4) is 0 Å². The van der Waals surface area contributed by atoms with Crippen molar-refractivity contribution in [3.8, 4) is 0 Å². The van der Waals surface area contributed by atoms with Gasteiger partial charge in [-0.3, -0.25) is 0 Å². The number of thiocarbonyl (C=S) groups is 1. The molecule has 34 heavy (non-hydrogen) atoms. The fraction of sp³-hybridized carbons (Fsp3) is 0.370. The topological polar surface area (TPSA) is 56.3 Å². The molecule has 0 saturated carbocycles. The van der Waals surface area contributed by atoms with Crippen molar-refractivity contribution < 1.29 is 0 Å². The van der Waals surface area contributed by atoms with Gasteiger partial charge < -0.3 is 20.4 Å². The lowest BCUT2D eigenvalue weighted by Gasteiger charge is -2.32. The largest absolute Gasteiger partial charge is 0.356 e. The van der Waals surface area contributed by atoms with Crippen LogP contribution in [-0.4, -0.2) is 28.2 Å². The Morgan fingerprint density at radius 1 is 0.971 bits per heavy atom. The van der Waals surface area contributed by atoms with E-state index in [4.69, 9.17) is 22.2 Å². The maximum absolute atomic E-state index is 5.64. The molecule has 2 N–H and O–H groups in total. The third-order valence-electron chi connectivity index (χ3n) is 6.72.